The Morgan fingerprint density at radius 3 is 1.17 bits per heavy atom. The molecule has 0 aromatic carbocycles. The second kappa shape index (κ2) is 49.5. The smallest absolute Gasteiger partial charge is 0.0357 e. The van der Waals surface area contributed by atoms with Gasteiger partial charge in [-0.3, -0.25) is 4.99 Å². The summed E-state index contributed by atoms with van der Waals surface area (Å²) >= 11 is 0. The van der Waals surface area contributed by atoms with E-state index in [0.29, 0.717) is 0 Å². The van der Waals surface area contributed by atoms with E-state index < -0.39 is 0 Å². The summed E-state index contributed by atoms with van der Waals surface area (Å²) in [5, 5.41) is 0. The van der Waals surface area contributed by atoms with Gasteiger partial charge in [-0.2, -0.15) is 0 Å². The molecular weight excluding hydrogens is 385 g/mol. The SMILES string of the molecule is CCCC.CCCC.CCCC.CCCCCCC=NCC.[Sn]. The summed E-state index contributed by atoms with van der Waals surface area (Å²) in [4.78, 5) is 4.14. The Morgan fingerprint density at radius 1 is 0.522 bits per heavy atom. The summed E-state index contributed by atoms with van der Waals surface area (Å²) in [6, 6.07) is 0. The summed E-state index contributed by atoms with van der Waals surface area (Å²) in [5.74, 6) is 0. The van der Waals surface area contributed by atoms with E-state index in [0.717, 1.165) is 6.54 Å². The van der Waals surface area contributed by atoms with Gasteiger partial charge < -0.3 is 0 Å². The zero-order valence-electron chi connectivity index (χ0n) is 18.0. The molecule has 0 rings (SSSR count). The molecule has 2 heteroatoms. The Kier molecular flexibility index (Phi) is 74.7. The minimum absolute atomic E-state index is 0. The Hall–Kier alpha value is 0.469. The fourth-order valence-electron chi connectivity index (χ4n) is 0.883. The van der Waals surface area contributed by atoms with Crippen LogP contribution in [0, 0.1) is 0 Å². The Morgan fingerprint density at radius 2 is 0.913 bits per heavy atom. The first-order valence-electron chi connectivity index (χ1n) is 10.1. The van der Waals surface area contributed by atoms with Crippen LogP contribution in [0.3, 0.4) is 0 Å². The van der Waals surface area contributed by atoms with E-state index in [-0.39, 0.29) is 23.9 Å². The molecule has 0 unspecified atom stereocenters. The van der Waals surface area contributed by atoms with Crippen molar-refractivity contribution >= 4 is 30.1 Å². The van der Waals surface area contributed by atoms with Gasteiger partial charge in [0.05, 0.1) is 0 Å². The van der Waals surface area contributed by atoms with Crippen molar-refractivity contribution in [3.63, 3.8) is 0 Å². The van der Waals surface area contributed by atoms with Crippen molar-refractivity contribution in [2.45, 2.75) is 126 Å². The van der Waals surface area contributed by atoms with Crippen LogP contribution in [-0.2, 0) is 0 Å². The molecule has 1 nitrogen and oxygen atoms in total. The first-order chi connectivity index (χ1) is 10.7. The average molecular weight is 434 g/mol. The Bertz CT molecular complexity index is 131. The largest absolute Gasteiger partial charge is 0.298 e. The van der Waals surface area contributed by atoms with Gasteiger partial charge in [-0.25, -0.2) is 0 Å². The third-order valence-corrected chi connectivity index (χ3v) is 3.00. The van der Waals surface area contributed by atoms with Gasteiger partial charge in [0.2, 0.25) is 0 Å². The van der Waals surface area contributed by atoms with Crippen LogP contribution in [0.15, 0.2) is 4.99 Å². The molecule has 0 atom stereocenters. The second-order valence-corrected chi connectivity index (χ2v) is 5.53. The van der Waals surface area contributed by atoms with Crippen LogP contribution in [0.5, 0.6) is 0 Å². The van der Waals surface area contributed by atoms with E-state index in [1.165, 1.54) is 70.6 Å². The number of nitrogens with zero attached hydrogens (tertiary/aromatic N) is 1. The molecule has 0 fully saturated rings. The van der Waals surface area contributed by atoms with Gasteiger partial charge in [-0.1, -0.05) is 106 Å². The van der Waals surface area contributed by atoms with Crippen molar-refractivity contribution in [1.29, 1.82) is 0 Å². The molecule has 0 spiro atoms. The van der Waals surface area contributed by atoms with Gasteiger partial charge in [0, 0.05) is 30.5 Å². The molecule has 4 radical (unpaired) electrons. The Balaban J connectivity index is -0.0000000700. The number of hydrogen-bond acceptors (Lipinski definition) is 1. The normalized spacial score (nSPS) is 8.70. The summed E-state index contributed by atoms with van der Waals surface area (Å²) < 4.78 is 0. The van der Waals surface area contributed by atoms with Gasteiger partial charge >= 0.3 is 0 Å². The third-order valence-electron chi connectivity index (χ3n) is 3.00. The van der Waals surface area contributed by atoms with E-state index >= 15 is 0 Å². The minimum Gasteiger partial charge on any atom is -0.298 e. The van der Waals surface area contributed by atoms with Crippen molar-refractivity contribution in [2.24, 2.45) is 4.99 Å². The van der Waals surface area contributed by atoms with Gasteiger partial charge in [-0.05, 0) is 26.0 Å². The summed E-state index contributed by atoms with van der Waals surface area (Å²) in [6.45, 7) is 18.3. The van der Waals surface area contributed by atoms with E-state index in [9.17, 15) is 0 Å². The van der Waals surface area contributed by atoms with Gasteiger partial charge in [-0.15, -0.1) is 0 Å². The molecule has 0 heterocycles. The maximum absolute atomic E-state index is 4.14. The number of unbranched alkanes of at least 4 members (excludes halogenated alkanes) is 7. The van der Waals surface area contributed by atoms with Crippen LogP contribution in [0.4, 0.5) is 0 Å². The van der Waals surface area contributed by atoms with E-state index in [2.05, 4.69) is 66.6 Å². The molecule has 23 heavy (non-hydrogen) atoms. The minimum atomic E-state index is 0. The van der Waals surface area contributed by atoms with E-state index in [4.69, 9.17) is 0 Å². The van der Waals surface area contributed by atoms with Crippen molar-refractivity contribution < 1.29 is 0 Å². The molecule has 0 aromatic heterocycles. The van der Waals surface area contributed by atoms with Crippen LogP contribution < -0.4 is 0 Å². The van der Waals surface area contributed by atoms with Gasteiger partial charge in [0.1, 0.15) is 0 Å². The molecule has 0 saturated carbocycles. The molecule has 142 valence electrons. The van der Waals surface area contributed by atoms with Gasteiger partial charge in [0.25, 0.3) is 0 Å². The van der Waals surface area contributed by atoms with E-state index in [1.54, 1.807) is 0 Å². The predicted molar refractivity (Wildman–Crippen MR) is 115 cm³/mol. The summed E-state index contributed by atoms with van der Waals surface area (Å²) in [7, 11) is 0. The van der Waals surface area contributed by atoms with Crippen LogP contribution >= 0.6 is 0 Å². The molecule has 0 aliphatic heterocycles. The molecule has 0 aliphatic carbocycles. The maximum Gasteiger partial charge on any atom is 0.0357 e. The van der Waals surface area contributed by atoms with Gasteiger partial charge in [0.15, 0.2) is 0 Å². The monoisotopic (exact) mass is 435 g/mol. The van der Waals surface area contributed by atoms with Crippen LogP contribution in [0.25, 0.3) is 0 Å². The standard InChI is InChI=1S/C9H19N.3C4H10.Sn/c1-3-5-6-7-8-9-10-4-2;3*1-3-4-2;/h9H,3-8H2,1-2H3;3*3-4H2,1-2H3;. The number of rotatable bonds is 9. The molecule has 0 N–H and O–H groups in total. The topological polar surface area (TPSA) is 12.4 Å². The number of aliphatic imine (C=N–C) groups is 1. The summed E-state index contributed by atoms with van der Waals surface area (Å²) in [5.41, 5.74) is 0. The van der Waals surface area contributed by atoms with Crippen LogP contribution in [0.1, 0.15) is 126 Å². The molecular formula is C21H49NSn. The zero-order chi connectivity index (χ0) is 17.9. The summed E-state index contributed by atoms with van der Waals surface area (Å²) in [6.07, 6.45) is 16.5. The van der Waals surface area contributed by atoms with Crippen molar-refractivity contribution in [3.05, 3.63) is 0 Å². The maximum atomic E-state index is 4.14. The predicted octanol–water partition coefficient (Wildman–Crippen LogP) is 8.09. The fraction of sp³-hybridized carbons (Fsp3) is 0.952. The van der Waals surface area contributed by atoms with Crippen LogP contribution in [0.2, 0.25) is 0 Å². The van der Waals surface area contributed by atoms with E-state index in [1.807, 2.05) is 0 Å². The van der Waals surface area contributed by atoms with Crippen LogP contribution in [-0.4, -0.2) is 36.7 Å². The first kappa shape index (κ1) is 34.7. The number of hydrogen-bond donors (Lipinski definition) is 0. The molecule has 0 saturated heterocycles. The zero-order valence-corrected chi connectivity index (χ0v) is 20.9. The van der Waals surface area contributed by atoms with Crippen molar-refractivity contribution in [3.8, 4) is 0 Å². The average Bonchev–Trinajstić information content (AvgIpc) is 2.58. The van der Waals surface area contributed by atoms with Crippen molar-refractivity contribution in [2.75, 3.05) is 6.54 Å². The molecule has 0 amide bonds. The molecule has 0 aliphatic rings. The first-order valence-corrected chi connectivity index (χ1v) is 10.1. The quantitative estimate of drug-likeness (QED) is 0.198. The molecule has 0 bridgehead atoms. The third kappa shape index (κ3) is 85.9. The van der Waals surface area contributed by atoms with Crippen molar-refractivity contribution in [1.82, 2.24) is 0 Å². The second-order valence-electron chi connectivity index (χ2n) is 5.53. The fourth-order valence-corrected chi connectivity index (χ4v) is 0.883. The Labute approximate surface area is 167 Å². The molecule has 0 aromatic rings.